The molecule has 0 aromatic rings. The van der Waals surface area contributed by atoms with Gasteiger partial charge in [-0.15, -0.1) is 11.8 Å². The molecule has 0 spiro atoms. The highest BCUT2D eigenvalue weighted by molar-refractivity contribution is 8.00. The molecule has 0 radical (unpaired) electrons. The Hall–Kier alpha value is -0.220. The number of amides is 1. The van der Waals surface area contributed by atoms with Crippen molar-refractivity contribution in [3.63, 3.8) is 0 Å². The van der Waals surface area contributed by atoms with E-state index >= 15 is 0 Å². The van der Waals surface area contributed by atoms with Gasteiger partial charge < -0.3 is 10.0 Å². The van der Waals surface area contributed by atoms with Gasteiger partial charge in [0.1, 0.15) is 0 Å². The van der Waals surface area contributed by atoms with E-state index in [4.69, 9.17) is 5.11 Å². The van der Waals surface area contributed by atoms with Gasteiger partial charge in [-0.1, -0.05) is 0 Å². The maximum atomic E-state index is 10.8. The Morgan fingerprint density at radius 2 is 2.50 bits per heavy atom. The molecular formula is C6H9NO2S. The van der Waals surface area contributed by atoms with Crippen LogP contribution in [-0.2, 0) is 4.79 Å². The van der Waals surface area contributed by atoms with E-state index in [-0.39, 0.29) is 12.0 Å². The molecule has 0 aliphatic carbocycles. The van der Waals surface area contributed by atoms with Crippen LogP contribution in [0, 0.1) is 0 Å². The van der Waals surface area contributed by atoms with Gasteiger partial charge in [0.05, 0.1) is 17.9 Å². The third kappa shape index (κ3) is 0.828. The number of hydrogen-bond donors (Lipinski definition) is 1. The topological polar surface area (TPSA) is 40.5 Å². The first-order chi connectivity index (χ1) is 4.77. The maximum absolute atomic E-state index is 10.8. The van der Waals surface area contributed by atoms with Gasteiger partial charge in [-0.05, 0) is 0 Å². The molecule has 0 bridgehead atoms. The Kier molecular flexibility index (Phi) is 1.38. The SMILES string of the molecule is O=C1C[C@H]2SCC(O)CN12. The summed E-state index contributed by atoms with van der Waals surface area (Å²) in [6, 6.07) is 0. The third-order valence-corrected chi connectivity index (χ3v) is 3.29. The van der Waals surface area contributed by atoms with Crippen LogP contribution in [0.25, 0.3) is 0 Å². The highest BCUT2D eigenvalue weighted by Crippen LogP contribution is 2.33. The molecule has 10 heavy (non-hydrogen) atoms. The van der Waals surface area contributed by atoms with Gasteiger partial charge in [0, 0.05) is 12.3 Å². The molecule has 2 heterocycles. The number of rotatable bonds is 0. The van der Waals surface area contributed by atoms with Crippen LogP contribution in [-0.4, -0.2) is 39.7 Å². The van der Waals surface area contributed by atoms with E-state index in [1.165, 1.54) is 0 Å². The van der Waals surface area contributed by atoms with E-state index in [0.29, 0.717) is 18.3 Å². The van der Waals surface area contributed by atoms with Gasteiger partial charge >= 0.3 is 0 Å². The Morgan fingerprint density at radius 1 is 1.70 bits per heavy atom. The molecule has 2 rings (SSSR count). The van der Waals surface area contributed by atoms with Crippen LogP contribution in [0.2, 0.25) is 0 Å². The first kappa shape index (κ1) is 6.49. The number of aliphatic hydroxyl groups excluding tert-OH is 1. The van der Waals surface area contributed by atoms with E-state index in [9.17, 15) is 4.79 Å². The molecular weight excluding hydrogens is 150 g/mol. The number of hydrogen-bond acceptors (Lipinski definition) is 3. The van der Waals surface area contributed by atoms with E-state index < -0.39 is 0 Å². The zero-order chi connectivity index (χ0) is 7.14. The molecule has 2 aliphatic heterocycles. The number of nitrogens with zero attached hydrogens (tertiary/aromatic N) is 1. The van der Waals surface area contributed by atoms with Crippen molar-refractivity contribution in [2.75, 3.05) is 12.3 Å². The van der Waals surface area contributed by atoms with E-state index in [0.717, 1.165) is 5.75 Å². The molecule has 1 unspecified atom stereocenters. The number of aliphatic hydroxyl groups is 1. The van der Waals surface area contributed by atoms with Crippen LogP contribution >= 0.6 is 11.8 Å². The molecule has 2 aliphatic rings. The van der Waals surface area contributed by atoms with Gasteiger partial charge in [0.15, 0.2) is 0 Å². The molecule has 2 saturated heterocycles. The summed E-state index contributed by atoms with van der Waals surface area (Å²) in [7, 11) is 0. The predicted octanol–water partition coefficient (Wildman–Crippen LogP) is -0.348. The van der Waals surface area contributed by atoms with Crippen LogP contribution in [0.1, 0.15) is 6.42 Å². The largest absolute Gasteiger partial charge is 0.390 e. The van der Waals surface area contributed by atoms with E-state index in [2.05, 4.69) is 0 Å². The average Bonchev–Trinajstić information content (AvgIpc) is 1.92. The lowest BCUT2D eigenvalue weighted by molar-refractivity contribution is -0.143. The minimum absolute atomic E-state index is 0.191. The number of carbonyl (C=O) groups excluding carboxylic acids is 1. The average molecular weight is 159 g/mol. The molecule has 56 valence electrons. The molecule has 0 aromatic carbocycles. The molecule has 0 aromatic heterocycles. The molecule has 2 atom stereocenters. The summed E-state index contributed by atoms with van der Waals surface area (Å²) < 4.78 is 0. The van der Waals surface area contributed by atoms with Crippen molar-refractivity contribution in [1.29, 1.82) is 0 Å². The van der Waals surface area contributed by atoms with Crippen LogP contribution in [0.5, 0.6) is 0 Å². The van der Waals surface area contributed by atoms with Crippen molar-refractivity contribution >= 4 is 17.7 Å². The molecule has 2 fully saturated rings. The maximum Gasteiger partial charge on any atom is 0.226 e. The summed E-state index contributed by atoms with van der Waals surface area (Å²) in [5, 5.41) is 9.52. The second-order valence-electron chi connectivity index (χ2n) is 2.69. The summed E-state index contributed by atoms with van der Waals surface area (Å²) in [4.78, 5) is 12.6. The Balaban J connectivity index is 2.00. The highest BCUT2D eigenvalue weighted by atomic mass is 32.2. The van der Waals surface area contributed by atoms with E-state index in [1.54, 1.807) is 16.7 Å². The summed E-state index contributed by atoms with van der Waals surface area (Å²) in [5.41, 5.74) is 0. The minimum Gasteiger partial charge on any atom is -0.390 e. The molecule has 1 N–H and O–H groups in total. The Labute approximate surface area is 63.4 Å². The third-order valence-electron chi connectivity index (χ3n) is 1.91. The first-order valence-corrected chi connectivity index (χ1v) is 4.41. The highest BCUT2D eigenvalue weighted by Gasteiger charge is 2.40. The summed E-state index contributed by atoms with van der Waals surface area (Å²) in [5.74, 6) is 0.977. The van der Waals surface area contributed by atoms with Crippen molar-refractivity contribution in [1.82, 2.24) is 4.90 Å². The number of β-lactam (4-membered cyclic amide) rings is 1. The summed E-state index contributed by atoms with van der Waals surface area (Å²) >= 11 is 1.68. The number of carbonyl (C=O) groups is 1. The van der Waals surface area contributed by atoms with Crippen LogP contribution < -0.4 is 0 Å². The lowest BCUT2D eigenvalue weighted by Gasteiger charge is -2.44. The lowest BCUT2D eigenvalue weighted by Crippen LogP contribution is -2.57. The molecule has 3 nitrogen and oxygen atoms in total. The van der Waals surface area contributed by atoms with Gasteiger partial charge in [-0.2, -0.15) is 0 Å². The monoisotopic (exact) mass is 159 g/mol. The van der Waals surface area contributed by atoms with Crippen molar-refractivity contribution in [3.05, 3.63) is 0 Å². The molecule has 0 saturated carbocycles. The normalized spacial score (nSPS) is 38.9. The second-order valence-corrected chi connectivity index (χ2v) is 3.90. The van der Waals surface area contributed by atoms with Crippen molar-refractivity contribution in [2.24, 2.45) is 0 Å². The van der Waals surface area contributed by atoms with Crippen molar-refractivity contribution in [2.45, 2.75) is 17.9 Å². The van der Waals surface area contributed by atoms with Crippen LogP contribution in [0.3, 0.4) is 0 Å². The van der Waals surface area contributed by atoms with Crippen LogP contribution in [0.15, 0.2) is 0 Å². The van der Waals surface area contributed by atoms with Crippen molar-refractivity contribution < 1.29 is 9.90 Å². The lowest BCUT2D eigenvalue weighted by atomic mass is 10.2. The Morgan fingerprint density at radius 3 is 3.10 bits per heavy atom. The summed E-state index contributed by atoms with van der Waals surface area (Å²) in [6.45, 7) is 0.552. The fraction of sp³-hybridized carbons (Fsp3) is 0.833. The quantitative estimate of drug-likeness (QED) is 0.491. The minimum atomic E-state index is -0.300. The number of thioether (sulfide) groups is 1. The van der Waals surface area contributed by atoms with Crippen LogP contribution in [0.4, 0.5) is 0 Å². The number of fused-ring (bicyclic) bond motifs is 1. The Bertz CT molecular complexity index is 173. The van der Waals surface area contributed by atoms with Crippen molar-refractivity contribution in [3.8, 4) is 0 Å². The van der Waals surface area contributed by atoms with Gasteiger partial charge in [-0.25, -0.2) is 0 Å². The fourth-order valence-electron chi connectivity index (χ4n) is 1.30. The zero-order valence-corrected chi connectivity index (χ0v) is 6.30. The standard InChI is InChI=1S/C6H9NO2S/c8-4-2-7-5(9)1-6(7)10-3-4/h4,6,8H,1-3H2/t4?,6-/m1/s1. The molecule has 1 amide bonds. The summed E-state index contributed by atoms with van der Waals surface area (Å²) in [6.07, 6.45) is 0.377. The second kappa shape index (κ2) is 2.13. The first-order valence-electron chi connectivity index (χ1n) is 3.36. The van der Waals surface area contributed by atoms with Gasteiger partial charge in [-0.3, -0.25) is 4.79 Å². The van der Waals surface area contributed by atoms with E-state index in [1.807, 2.05) is 0 Å². The molecule has 4 heteroatoms. The van der Waals surface area contributed by atoms with Gasteiger partial charge in [0.25, 0.3) is 0 Å². The zero-order valence-electron chi connectivity index (χ0n) is 5.49. The van der Waals surface area contributed by atoms with Gasteiger partial charge in [0.2, 0.25) is 5.91 Å². The predicted molar refractivity (Wildman–Crippen MR) is 38.6 cm³/mol. The smallest absolute Gasteiger partial charge is 0.226 e. The fourth-order valence-corrected chi connectivity index (χ4v) is 2.49.